The summed E-state index contributed by atoms with van der Waals surface area (Å²) in [6.07, 6.45) is 4.97. The minimum Gasteiger partial charge on any atom is -0.493 e. The fourth-order valence-electron chi connectivity index (χ4n) is 4.33. The van der Waals surface area contributed by atoms with Crippen LogP contribution in [0.4, 0.5) is 5.95 Å². The van der Waals surface area contributed by atoms with E-state index >= 15 is 0 Å². The van der Waals surface area contributed by atoms with Crippen molar-refractivity contribution in [3.05, 3.63) is 69.1 Å². The highest BCUT2D eigenvalue weighted by molar-refractivity contribution is 5.86. The number of fused-ring (bicyclic) bond motifs is 1. The van der Waals surface area contributed by atoms with Gasteiger partial charge in [0.15, 0.2) is 5.65 Å². The average molecular weight is 504 g/mol. The van der Waals surface area contributed by atoms with Crippen LogP contribution in [0.5, 0.6) is 5.88 Å². The number of hydrogen-bond acceptors (Lipinski definition) is 9. The van der Waals surface area contributed by atoms with Crippen molar-refractivity contribution in [1.29, 1.82) is 0 Å². The number of nitrogens with zero attached hydrogens (tertiary/aromatic N) is 6. The summed E-state index contributed by atoms with van der Waals surface area (Å²) in [6.45, 7) is 0.735. The van der Waals surface area contributed by atoms with E-state index < -0.39 is 17.8 Å². The first-order chi connectivity index (χ1) is 17.9. The second-order valence-electron chi connectivity index (χ2n) is 9.24. The number of aromatic amines is 2. The minimum atomic E-state index is -0.789. The number of aliphatic hydroxyl groups is 1. The van der Waals surface area contributed by atoms with Crippen LogP contribution in [0, 0.1) is 0 Å². The normalized spacial score (nSPS) is 19.6. The largest absolute Gasteiger partial charge is 0.493 e. The fraction of sp³-hybridized carbons (Fsp3) is 0.333. The Balaban J connectivity index is 1.45. The number of nitrogens with one attached hydrogen (secondary N) is 3. The van der Waals surface area contributed by atoms with Crippen molar-refractivity contribution in [3.63, 3.8) is 0 Å². The molecule has 1 aliphatic heterocycles. The Morgan fingerprint density at radius 1 is 1.19 bits per heavy atom. The third-order valence-corrected chi connectivity index (χ3v) is 6.39. The molecule has 1 saturated carbocycles. The predicted octanol–water partition coefficient (Wildman–Crippen LogP) is -0.796. The van der Waals surface area contributed by atoms with Gasteiger partial charge in [-0.3, -0.25) is 9.78 Å². The highest BCUT2D eigenvalue weighted by Gasteiger charge is 2.32. The first kappa shape index (κ1) is 22.9. The van der Waals surface area contributed by atoms with Crippen LogP contribution in [0.1, 0.15) is 36.6 Å². The Bertz CT molecular complexity index is 1640. The van der Waals surface area contributed by atoms with Gasteiger partial charge < -0.3 is 25.4 Å². The molecule has 13 heteroatoms. The van der Waals surface area contributed by atoms with Crippen molar-refractivity contribution in [2.24, 2.45) is 4.99 Å². The van der Waals surface area contributed by atoms with Gasteiger partial charge in [-0.25, -0.2) is 9.79 Å². The zero-order valence-corrected chi connectivity index (χ0v) is 19.7. The zero-order chi connectivity index (χ0) is 25.5. The summed E-state index contributed by atoms with van der Waals surface area (Å²) in [6, 6.07) is 8.62. The van der Waals surface area contributed by atoms with Crippen molar-refractivity contribution < 1.29 is 15.0 Å². The first-order valence-corrected chi connectivity index (χ1v) is 12.1. The van der Waals surface area contributed by atoms with E-state index in [2.05, 4.69) is 35.3 Å². The number of H-pyrrole nitrogens is 2. The Kier molecular flexibility index (Phi) is 5.68. The highest BCUT2D eigenvalue weighted by Crippen LogP contribution is 2.24. The Labute approximate surface area is 209 Å². The minimum absolute atomic E-state index is 0.144. The zero-order valence-electron chi connectivity index (χ0n) is 19.7. The number of anilines is 1. The number of imidazole rings is 1. The maximum atomic E-state index is 13.5. The maximum absolute atomic E-state index is 13.5. The molecule has 3 aromatic heterocycles. The van der Waals surface area contributed by atoms with Crippen LogP contribution in [-0.4, -0.2) is 75.8 Å². The molecule has 2 atom stereocenters. The molecule has 1 aliphatic carbocycles. The quantitative estimate of drug-likeness (QED) is 0.227. The van der Waals surface area contributed by atoms with Crippen LogP contribution in [0.3, 0.4) is 0 Å². The van der Waals surface area contributed by atoms with Gasteiger partial charge in [0.25, 0.3) is 5.62 Å². The van der Waals surface area contributed by atoms with Crippen molar-refractivity contribution in [2.45, 2.75) is 37.5 Å². The van der Waals surface area contributed by atoms with Crippen LogP contribution in [0.15, 0.2) is 46.3 Å². The maximum Gasteiger partial charge on any atom is 0.326 e. The summed E-state index contributed by atoms with van der Waals surface area (Å²) < 4.78 is 1.49. The lowest BCUT2D eigenvalue weighted by atomic mass is 10.1. The Morgan fingerprint density at radius 3 is 2.68 bits per heavy atom. The molecular formula is C24H25N9O4. The number of likely N-dealkylation sites (tertiary alicyclic amines) is 1. The molecule has 37 heavy (non-hydrogen) atoms. The van der Waals surface area contributed by atoms with Crippen LogP contribution < -0.4 is 21.8 Å². The molecule has 2 aliphatic rings. The molecule has 5 N–H and O–H groups in total. The molecule has 4 aromatic rings. The van der Waals surface area contributed by atoms with Gasteiger partial charge in [0.2, 0.25) is 17.7 Å². The van der Waals surface area contributed by atoms with Gasteiger partial charge in [0.05, 0.1) is 18.3 Å². The van der Waals surface area contributed by atoms with E-state index in [9.17, 15) is 19.8 Å². The van der Waals surface area contributed by atoms with Gasteiger partial charge in [-0.1, -0.05) is 30.3 Å². The van der Waals surface area contributed by atoms with Crippen molar-refractivity contribution in [1.82, 2.24) is 34.4 Å². The summed E-state index contributed by atoms with van der Waals surface area (Å²) in [7, 11) is 0. The SMILES string of the molecule is O=C([C@@H](Nc1nc(=NC2CC2)n2ncc(=Cc3[nH]c(=O)[nH]c3O)c2n1)c1ccccc1)N1CC[C@H](O)C1. The van der Waals surface area contributed by atoms with Crippen molar-refractivity contribution in [2.75, 3.05) is 18.4 Å². The molecule has 0 unspecified atom stereocenters. The molecule has 1 amide bonds. The van der Waals surface area contributed by atoms with Crippen molar-refractivity contribution >= 4 is 23.6 Å². The topological polar surface area (TPSA) is 177 Å². The lowest BCUT2D eigenvalue weighted by molar-refractivity contribution is -0.131. The first-order valence-electron chi connectivity index (χ1n) is 12.1. The summed E-state index contributed by atoms with van der Waals surface area (Å²) in [5.41, 5.74) is 1.08. The average Bonchev–Trinajstić information content (AvgIpc) is 3.29. The summed E-state index contributed by atoms with van der Waals surface area (Å²) in [5.74, 6) is -0.319. The number of aromatic nitrogens is 6. The molecule has 0 bridgehead atoms. The fourth-order valence-corrected chi connectivity index (χ4v) is 4.33. The Hall–Kier alpha value is -4.52. The number of aliphatic hydroxyl groups excluding tert-OH is 1. The predicted molar refractivity (Wildman–Crippen MR) is 131 cm³/mol. The number of β-amino-alcohol motifs (C(OH)–C–C–N with tert-alkyl or cyclic N) is 1. The molecule has 2 fully saturated rings. The lowest BCUT2D eigenvalue weighted by Gasteiger charge is -2.24. The third kappa shape index (κ3) is 4.68. The standard InChI is InChI=1S/C24H25N9O4/c34-16-8-9-32(12-16)21(36)18(13-4-2-1-3-5-13)28-22-29-19-14(10-17-20(35)30-24(37)27-17)11-25-33(19)23(31-22)26-15-6-7-15/h1-5,10-11,15-16,18,34-35H,6-9,12H2,(H,26,28,31)(H2,27,30,37)/t16-,18-/m0/s1. The molecule has 1 saturated heterocycles. The number of aromatic hydroxyl groups is 1. The highest BCUT2D eigenvalue weighted by atomic mass is 16.3. The number of carbonyl (C=O) groups is 1. The van der Waals surface area contributed by atoms with E-state index in [0.29, 0.717) is 29.4 Å². The lowest BCUT2D eigenvalue weighted by Crippen LogP contribution is -2.38. The number of amides is 1. The van der Waals surface area contributed by atoms with Crippen LogP contribution in [-0.2, 0) is 4.79 Å². The monoisotopic (exact) mass is 503 g/mol. The van der Waals surface area contributed by atoms with Gasteiger partial charge in [0, 0.05) is 18.3 Å². The molecule has 13 nitrogen and oxygen atoms in total. The van der Waals surface area contributed by atoms with Gasteiger partial charge in [-0.05, 0) is 30.9 Å². The molecule has 6 rings (SSSR count). The molecule has 0 spiro atoms. The van der Waals surface area contributed by atoms with Crippen LogP contribution in [0.25, 0.3) is 11.7 Å². The molecule has 1 aromatic carbocycles. The van der Waals surface area contributed by atoms with Gasteiger partial charge in [-0.15, -0.1) is 0 Å². The molecule has 0 radical (unpaired) electrons. The van der Waals surface area contributed by atoms with Gasteiger partial charge in [0.1, 0.15) is 11.7 Å². The van der Waals surface area contributed by atoms with E-state index in [-0.39, 0.29) is 36.0 Å². The molecular weight excluding hydrogens is 478 g/mol. The number of carbonyl (C=O) groups excluding carboxylic acids is 1. The van der Waals surface area contributed by atoms with Gasteiger partial charge >= 0.3 is 5.69 Å². The summed E-state index contributed by atoms with van der Waals surface area (Å²) >= 11 is 0. The van der Waals surface area contributed by atoms with E-state index in [1.54, 1.807) is 11.0 Å². The smallest absolute Gasteiger partial charge is 0.326 e. The summed E-state index contributed by atoms with van der Waals surface area (Å²) in [5, 5.41) is 28.0. The number of benzene rings is 1. The van der Waals surface area contributed by atoms with E-state index in [4.69, 9.17) is 0 Å². The second kappa shape index (κ2) is 9.17. The van der Waals surface area contributed by atoms with E-state index in [0.717, 1.165) is 18.4 Å². The van der Waals surface area contributed by atoms with Gasteiger partial charge in [-0.2, -0.15) is 19.6 Å². The third-order valence-electron chi connectivity index (χ3n) is 6.39. The number of rotatable bonds is 6. The Morgan fingerprint density at radius 2 is 2.00 bits per heavy atom. The molecule has 4 heterocycles. The summed E-state index contributed by atoms with van der Waals surface area (Å²) in [4.78, 5) is 45.4. The van der Waals surface area contributed by atoms with E-state index in [1.165, 1.54) is 10.7 Å². The second-order valence-corrected chi connectivity index (χ2v) is 9.24. The van der Waals surface area contributed by atoms with E-state index in [1.807, 2.05) is 30.3 Å². The number of hydrogen-bond donors (Lipinski definition) is 5. The van der Waals surface area contributed by atoms with Crippen LogP contribution >= 0.6 is 0 Å². The van der Waals surface area contributed by atoms with Crippen LogP contribution in [0.2, 0.25) is 0 Å². The van der Waals surface area contributed by atoms with Crippen molar-refractivity contribution in [3.8, 4) is 5.88 Å². The molecule has 190 valence electrons.